The van der Waals surface area contributed by atoms with E-state index in [1.807, 2.05) is 0 Å². The van der Waals surface area contributed by atoms with Crippen molar-refractivity contribution in [2.75, 3.05) is 7.11 Å². The quantitative estimate of drug-likeness (QED) is 0.706. The third-order valence-electron chi connectivity index (χ3n) is 2.03. The predicted octanol–water partition coefficient (Wildman–Crippen LogP) is 0.655. The molecule has 15 heavy (non-hydrogen) atoms. The third-order valence-corrected chi connectivity index (χ3v) is 2.03. The zero-order chi connectivity index (χ0) is 11.5. The van der Waals surface area contributed by atoms with Gasteiger partial charge in [0.15, 0.2) is 0 Å². The fourth-order valence-corrected chi connectivity index (χ4v) is 1.33. The van der Waals surface area contributed by atoms with Gasteiger partial charge in [-0.25, -0.2) is 0 Å². The highest BCUT2D eigenvalue weighted by Crippen LogP contribution is 2.28. The van der Waals surface area contributed by atoms with Crippen LogP contribution >= 0.6 is 12.4 Å². The van der Waals surface area contributed by atoms with Gasteiger partial charge in [0.25, 0.3) is 0 Å². The number of carboxylic acid groups (broad SMARTS) is 1. The number of aliphatic carboxylic acids is 1. The van der Waals surface area contributed by atoms with Crippen molar-refractivity contribution in [1.82, 2.24) is 0 Å². The van der Waals surface area contributed by atoms with Gasteiger partial charge in [0.2, 0.25) is 0 Å². The van der Waals surface area contributed by atoms with Crippen LogP contribution in [-0.2, 0) is 14.3 Å². The average Bonchev–Trinajstić information content (AvgIpc) is 1.99. The van der Waals surface area contributed by atoms with Gasteiger partial charge in [-0.3, -0.25) is 9.59 Å². The van der Waals surface area contributed by atoms with Crippen molar-refractivity contribution in [3.63, 3.8) is 0 Å². The molecule has 0 aliphatic heterocycles. The van der Waals surface area contributed by atoms with Crippen LogP contribution in [0.4, 0.5) is 0 Å². The summed E-state index contributed by atoms with van der Waals surface area (Å²) in [5.41, 5.74) is 4.92. The van der Waals surface area contributed by atoms with Crippen LogP contribution in [-0.4, -0.2) is 30.2 Å². The number of methoxy groups -OCH3 is 1. The Labute approximate surface area is 95.4 Å². The first-order valence-corrected chi connectivity index (χ1v) is 4.28. The second-order valence-electron chi connectivity index (χ2n) is 4.23. The summed E-state index contributed by atoms with van der Waals surface area (Å²) < 4.78 is 4.41. The van der Waals surface area contributed by atoms with Crippen LogP contribution < -0.4 is 5.73 Å². The zero-order valence-corrected chi connectivity index (χ0v) is 10.1. The molecule has 1 unspecified atom stereocenters. The molecule has 0 saturated carbocycles. The van der Waals surface area contributed by atoms with Crippen molar-refractivity contribution in [3.8, 4) is 0 Å². The van der Waals surface area contributed by atoms with Crippen LogP contribution in [0.2, 0.25) is 0 Å². The smallest absolute Gasteiger partial charge is 0.323 e. The van der Waals surface area contributed by atoms with Gasteiger partial charge in [0.05, 0.1) is 13.0 Å². The summed E-state index contributed by atoms with van der Waals surface area (Å²) in [6, 6.07) is -1.13. The summed E-state index contributed by atoms with van der Waals surface area (Å²) in [5, 5.41) is 8.94. The monoisotopic (exact) mass is 239 g/mol. The van der Waals surface area contributed by atoms with Crippen molar-refractivity contribution < 1.29 is 19.4 Å². The van der Waals surface area contributed by atoms with E-state index in [4.69, 9.17) is 10.8 Å². The number of esters is 1. The minimum atomic E-state index is -1.13. The van der Waals surface area contributed by atoms with Crippen LogP contribution in [0.3, 0.4) is 0 Å². The van der Waals surface area contributed by atoms with E-state index in [2.05, 4.69) is 4.74 Å². The molecule has 0 aromatic carbocycles. The fourth-order valence-electron chi connectivity index (χ4n) is 1.33. The number of ether oxygens (including phenoxy) is 1. The number of hydrogen-bond donors (Lipinski definition) is 2. The van der Waals surface area contributed by atoms with E-state index >= 15 is 0 Å². The molecular weight excluding hydrogens is 222 g/mol. The maximum absolute atomic E-state index is 11.1. The number of halogens is 1. The van der Waals surface area contributed by atoms with E-state index in [-0.39, 0.29) is 12.4 Å². The first-order valence-electron chi connectivity index (χ1n) is 4.28. The topological polar surface area (TPSA) is 89.6 Å². The van der Waals surface area contributed by atoms with Crippen LogP contribution in [0.25, 0.3) is 0 Å². The van der Waals surface area contributed by atoms with E-state index in [9.17, 15) is 9.59 Å². The summed E-state index contributed by atoms with van der Waals surface area (Å²) >= 11 is 0. The highest BCUT2D eigenvalue weighted by Gasteiger charge is 2.40. The van der Waals surface area contributed by atoms with Gasteiger partial charge in [0.1, 0.15) is 6.04 Å². The largest absolute Gasteiger partial charge is 0.481 e. The molecule has 0 radical (unpaired) electrons. The molecule has 90 valence electrons. The summed E-state index contributed by atoms with van der Waals surface area (Å²) in [6.45, 7) is 5.15. The standard InChI is InChI=1S/C9H17NO4.ClH/c1-9(2,3)5(7(11)12)6(10)8(13)14-4;/h5-6H,10H2,1-4H3,(H,11,12);1H/t5?,6-;/m0./s1. The van der Waals surface area contributed by atoms with Gasteiger partial charge in [-0.2, -0.15) is 0 Å². The molecule has 6 heteroatoms. The highest BCUT2D eigenvalue weighted by molar-refractivity contribution is 5.85. The molecule has 0 spiro atoms. The molecule has 0 amide bonds. The molecule has 5 nitrogen and oxygen atoms in total. The van der Waals surface area contributed by atoms with Crippen molar-refractivity contribution >= 4 is 24.3 Å². The Morgan fingerprint density at radius 3 is 1.93 bits per heavy atom. The summed E-state index contributed by atoms with van der Waals surface area (Å²) in [7, 11) is 1.18. The molecule has 0 aliphatic rings. The van der Waals surface area contributed by atoms with Gasteiger partial charge < -0.3 is 15.6 Å². The van der Waals surface area contributed by atoms with Crippen LogP contribution in [0.1, 0.15) is 20.8 Å². The number of nitrogens with two attached hydrogens (primary N) is 1. The Morgan fingerprint density at radius 2 is 1.73 bits per heavy atom. The second kappa shape index (κ2) is 5.92. The predicted molar refractivity (Wildman–Crippen MR) is 57.8 cm³/mol. The summed E-state index contributed by atoms with van der Waals surface area (Å²) in [5.74, 6) is -2.74. The summed E-state index contributed by atoms with van der Waals surface area (Å²) in [6.07, 6.45) is 0. The number of hydrogen-bond acceptors (Lipinski definition) is 4. The Balaban J connectivity index is 0. The molecule has 0 aromatic rings. The lowest BCUT2D eigenvalue weighted by molar-refractivity contribution is -0.155. The lowest BCUT2D eigenvalue weighted by Gasteiger charge is -2.30. The van der Waals surface area contributed by atoms with E-state index in [1.54, 1.807) is 20.8 Å². The zero-order valence-electron chi connectivity index (χ0n) is 9.31. The molecule has 2 atom stereocenters. The Morgan fingerprint density at radius 1 is 1.33 bits per heavy atom. The van der Waals surface area contributed by atoms with Gasteiger partial charge in [-0.05, 0) is 5.41 Å². The number of rotatable bonds is 3. The molecule has 0 saturated heterocycles. The minimum absolute atomic E-state index is 0. The Hall–Kier alpha value is -0.810. The molecule has 0 aliphatic carbocycles. The first-order chi connectivity index (χ1) is 6.21. The Bertz CT molecular complexity index is 237. The van der Waals surface area contributed by atoms with E-state index in [0.717, 1.165) is 0 Å². The molecule has 0 bridgehead atoms. The van der Waals surface area contributed by atoms with Crippen molar-refractivity contribution in [2.45, 2.75) is 26.8 Å². The lowest BCUT2D eigenvalue weighted by Crippen LogP contribution is -2.48. The highest BCUT2D eigenvalue weighted by atomic mass is 35.5. The van der Waals surface area contributed by atoms with Crippen LogP contribution in [0.15, 0.2) is 0 Å². The molecular formula is C9H18ClNO4. The van der Waals surface area contributed by atoms with Gasteiger partial charge >= 0.3 is 11.9 Å². The van der Waals surface area contributed by atoms with Crippen molar-refractivity contribution in [3.05, 3.63) is 0 Å². The maximum atomic E-state index is 11.1. The van der Waals surface area contributed by atoms with E-state index in [0.29, 0.717) is 0 Å². The third kappa shape index (κ3) is 4.48. The van der Waals surface area contributed by atoms with Gasteiger partial charge in [-0.15, -0.1) is 12.4 Å². The maximum Gasteiger partial charge on any atom is 0.323 e. The van der Waals surface area contributed by atoms with E-state index in [1.165, 1.54) is 7.11 Å². The lowest BCUT2D eigenvalue weighted by atomic mass is 9.76. The van der Waals surface area contributed by atoms with Crippen molar-refractivity contribution in [2.24, 2.45) is 17.1 Å². The minimum Gasteiger partial charge on any atom is -0.481 e. The van der Waals surface area contributed by atoms with Crippen molar-refractivity contribution in [1.29, 1.82) is 0 Å². The molecule has 0 rings (SSSR count). The van der Waals surface area contributed by atoms with E-state index < -0.39 is 29.3 Å². The molecule has 0 fully saturated rings. The number of carbonyl (C=O) groups excluding carboxylic acids is 1. The summed E-state index contributed by atoms with van der Waals surface area (Å²) in [4.78, 5) is 22.0. The normalized spacial score (nSPS) is 14.7. The van der Waals surface area contributed by atoms with Gasteiger partial charge in [-0.1, -0.05) is 20.8 Å². The van der Waals surface area contributed by atoms with Crippen LogP contribution in [0.5, 0.6) is 0 Å². The van der Waals surface area contributed by atoms with Crippen LogP contribution in [0, 0.1) is 11.3 Å². The Kier molecular flexibility index (Phi) is 6.56. The number of carboxylic acids is 1. The molecule has 3 N–H and O–H groups in total. The first kappa shape index (κ1) is 16.6. The number of carbonyl (C=O) groups is 2. The molecule has 0 heterocycles. The fraction of sp³-hybridized carbons (Fsp3) is 0.778. The second-order valence-corrected chi connectivity index (χ2v) is 4.23. The van der Waals surface area contributed by atoms with Gasteiger partial charge in [0, 0.05) is 0 Å². The SMILES string of the molecule is COC(=O)[C@@H](N)C(C(=O)O)C(C)(C)C.Cl. The molecule has 0 aromatic heterocycles. The average molecular weight is 240 g/mol.